The lowest BCUT2D eigenvalue weighted by molar-refractivity contribution is 0.0397. The molecule has 0 saturated heterocycles. The molecule has 3 atom stereocenters. The fourth-order valence-electron chi connectivity index (χ4n) is 3.17. The quantitative estimate of drug-likeness (QED) is 0.868. The number of aliphatic hydroxyl groups is 1. The zero-order valence-electron chi connectivity index (χ0n) is 13.6. The number of hydrogen-bond acceptors (Lipinski definition) is 5. The van der Waals surface area contributed by atoms with Crippen LogP contribution in [0.1, 0.15) is 42.6 Å². The van der Waals surface area contributed by atoms with Crippen molar-refractivity contribution in [3.05, 3.63) is 42.6 Å². The van der Waals surface area contributed by atoms with Crippen LogP contribution in [0.2, 0.25) is 0 Å². The van der Waals surface area contributed by atoms with Crippen molar-refractivity contribution in [3.63, 3.8) is 0 Å². The number of nitrogens with zero attached hydrogens (tertiary/aromatic N) is 3. The number of aliphatic hydroxyl groups excluding tert-OH is 1. The molecule has 3 rings (SSSR count). The highest BCUT2D eigenvalue weighted by Crippen LogP contribution is 2.29. The van der Waals surface area contributed by atoms with E-state index in [9.17, 15) is 9.90 Å². The van der Waals surface area contributed by atoms with Crippen molar-refractivity contribution in [2.45, 2.75) is 44.4 Å². The molecule has 2 heterocycles. The minimum atomic E-state index is -0.663. The predicted octanol–water partition coefficient (Wildman–Crippen LogP) is 1.56. The molecule has 24 heavy (non-hydrogen) atoms. The molecule has 128 valence electrons. The Hall–Kier alpha value is -2.41. The second-order valence-corrected chi connectivity index (χ2v) is 5.87. The molecule has 7 nitrogen and oxygen atoms in total. The summed E-state index contributed by atoms with van der Waals surface area (Å²) in [5.41, 5.74) is 0.385. The van der Waals surface area contributed by atoms with Crippen LogP contribution in [0.3, 0.4) is 0 Å². The molecule has 1 aliphatic rings. The second kappa shape index (κ2) is 7.44. The lowest BCUT2D eigenvalue weighted by Gasteiger charge is -2.35. The third-order valence-corrected chi connectivity index (χ3v) is 4.34. The van der Waals surface area contributed by atoms with Crippen LogP contribution in [0.5, 0.6) is 5.88 Å². The normalized spacial score (nSPS) is 23.7. The van der Waals surface area contributed by atoms with Gasteiger partial charge in [0.1, 0.15) is 5.56 Å². The lowest BCUT2D eigenvalue weighted by atomic mass is 9.87. The van der Waals surface area contributed by atoms with E-state index in [1.165, 1.54) is 0 Å². The number of carbonyl (C=O) groups excluding carboxylic acids is 1. The zero-order valence-corrected chi connectivity index (χ0v) is 13.6. The van der Waals surface area contributed by atoms with Crippen molar-refractivity contribution in [3.8, 4) is 5.88 Å². The maximum Gasteiger partial charge on any atom is 0.257 e. The molecule has 0 bridgehead atoms. The number of carbonyl (C=O) groups is 1. The number of rotatable bonds is 5. The van der Waals surface area contributed by atoms with E-state index < -0.39 is 6.10 Å². The molecule has 1 aliphatic carbocycles. The minimum Gasteiger partial charge on any atom is -0.477 e. The molecule has 1 amide bonds. The van der Waals surface area contributed by atoms with Crippen LogP contribution in [-0.2, 0) is 0 Å². The lowest BCUT2D eigenvalue weighted by Crippen LogP contribution is -2.49. The Kier molecular flexibility index (Phi) is 5.10. The molecule has 0 aromatic carbocycles. The van der Waals surface area contributed by atoms with Gasteiger partial charge in [-0.05, 0) is 38.3 Å². The molecule has 0 unspecified atom stereocenters. The smallest absolute Gasteiger partial charge is 0.257 e. The van der Waals surface area contributed by atoms with Gasteiger partial charge in [-0.3, -0.25) is 4.79 Å². The van der Waals surface area contributed by atoms with E-state index in [1.807, 2.05) is 17.7 Å². The van der Waals surface area contributed by atoms with Gasteiger partial charge >= 0.3 is 0 Å². The maximum absolute atomic E-state index is 12.6. The Morgan fingerprint density at radius 3 is 3.08 bits per heavy atom. The predicted molar refractivity (Wildman–Crippen MR) is 87.8 cm³/mol. The van der Waals surface area contributed by atoms with Crippen molar-refractivity contribution < 1.29 is 14.6 Å². The molecule has 0 radical (unpaired) electrons. The highest BCUT2D eigenvalue weighted by molar-refractivity contribution is 5.96. The summed E-state index contributed by atoms with van der Waals surface area (Å²) in [6.45, 7) is 2.28. The van der Waals surface area contributed by atoms with Gasteiger partial charge in [-0.2, -0.15) is 0 Å². The van der Waals surface area contributed by atoms with Gasteiger partial charge in [0.05, 0.1) is 31.1 Å². The Morgan fingerprint density at radius 2 is 2.33 bits per heavy atom. The van der Waals surface area contributed by atoms with Crippen molar-refractivity contribution in [2.75, 3.05) is 6.61 Å². The van der Waals surface area contributed by atoms with E-state index in [2.05, 4.69) is 15.3 Å². The van der Waals surface area contributed by atoms with Gasteiger partial charge in [-0.25, -0.2) is 9.97 Å². The summed E-state index contributed by atoms with van der Waals surface area (Å²) in [5.74, 6) is 0.0378. The number of ether oxygens (including phenoxy) is 1. The first kappa shape index (κ1) is 16.4. The fourth-order valence-corrected chi connectivity index (χ4v) is 3.17. The molecule has 1 fully saturated rings. The molecule has 2 aromatic heterocycles. The summed E-state index contributed by atoms with van der Waals surface area (Å²) in [4.78, 5) is 20.7. The summed E-state index contributed by atoms with van der Waals surface area (Å²) >= 11 is 0. The summed E-state index contributed by atoms with van der Waals surface area (Å²) < 4.78 is 7.31. The SMILES string of the molecule is CCOc1ncccc1C(=O)N[C@@H]1CCC[C@@H](n2ccnc2)[C@@H]1O. The summed E-state index contributed by atoms with van der Waals surface area (Å²) in [6.07, 6.45) is 8.69. The Balaban J connectivity index is 1.72. The standard InChI is InChI=1S/C17H22N4O3/c1-2-24-17-12(5-4-8-19-17)16(23)20-13-6-3-7-14(15(13)22)21-10-9-18-11-21/h4-5,8-11,13-15,22H,2-3,6-7H2,1H3,(H,20,23)/t13-,14-,15-/m1/s1. The monoisotopic (exact) mass is 330 g/mol. The van der Waals surface area contributed by atoms with Gasteiger partial charge in [-0.15, -0.1) is 0 Å². The highest BCUT2D eigenvalue weighted by atomic mass is 16.5. The Bertz CT molecular complexity index is 674. The van der Waals surface area contributed by atoms with E-state index >= 15 is 0 Å². The molecule has 2 aromatic rings. The first-order valence-electron chi connectivity index (χ1n) is 8.25. The number of hydrogen-bond donors (Lipinski definition) is 2. The molecule has 2 N–H and O–H groups in total. The molecule has 7 heteroatoms. The van der Waals surface area contributed by atoms with Gasteiger partial charge in [0.2, 0.25) is 5.88 Å². The van der Waals surface area contributed by atoms with Gasteiger partial charge in [0.15, 0.2) is 0 Å². The van der Waals surface area contributed by atoms with Gasteiger partial charge in [-0.1, -0.05) is 0 Å². The minimum absolute atomic E-state index is 0.0770. The average Bonchev–Trinajstić information content (AvgIpc) is 3.12. The van der Waals surface area contributed by atoms with Crippen LogP contribution in [-0.4, -0.2) is 44.3 Å². The largest absolute Gasteiger partial charge is 0.477 e. The molecule has 1 saturated carbocycles. The summed E-state index contributed by atoms with van der Waals surface area (Å²) in [5, 5.41) is 13.6. The summed E-state index contributed by atoms with van der Waals surface area (Å²) in [7, 11) is 0. The zero-order chi connectivity index (χ0) is 16.9. The van der Waals surface area contributed by atoms with Gasteiger partial charge in [0.25, 0.3) is 5.91 Å². The van der Waals surface area contributed by atoms with Crippen LogP contribution in [0.4, 0.5) is 0 Å². The van der Waals surface area contributed by atoms with Crippen LogP contribution in [0.25, 0.3) is 0 Å². The van der Waals surface area contributed by atoms with Crippen molar-refractivity contribution >= 4 is 5.91 Å². The van der Waals surface area contributed by atoms with Crippen molar-refractivity contribution in [1.82, 2.24) is 19.9 Å². The Labute approximate surface area is 140 Å². The second-order valence-electron chi connectivity index (χ2n) is 5.87. The van der Waals surface area contributed by atoms with E-state index in [4.69, 9.17) is 4.74 Å². The van der Waals surface area contributed by atoms with E-state index in [-0.39, 0.29) is 18.0 Å². The number of pyridine rings is 1. The number of aromatic nitrogens is 3. The van der Waals surface area contributed by atoms with E-state index in [0.29, 0.717) is 18.1 Å². The van der Waals surface area contributed by atoms with Crippen molar-refractivity contribution in [2.24, 2.45) is 0 Å². The van der Waals surface area contributed by atoms with E-state index in [1.54, 1.807) is 30.9 Å². The fraction of sp³-hybridized carbons (Fsp3) is 0.471. The van der Waals surface area contributed by atoms with Crippen LogP contribution in [0, 0.1) is 0 Å². The molecular weight excluding hydrogens is 308 g/mol. The average molecular weight is 330 g/mol. The van der Waals surface area contributed by atoms with Crippen LogP contribution >= 0.6 is 0 Å². The number of nitrogens with one attached hydrogen (secondary N) is 1. The third kappa shape index (κ3) is 3.41. The van der Waals surface area contributed by atoms with Gasteiger partial charge in [0, 0.05) is 18.6 Å². The first-order valence-corrected chi connectivity index (χ1v) is 8.25. The third-order valence-electron chi connectivity index (χ3n) is 4.34. The van der Waals surface area contributed by atoms with Crippen molar-refractivity contribution in [1.29, 1.82) is 0 Å². The van der Waals surface area contributed by atoms with Crippen LogP contribution < -0.4 is 10.1 Å². The number of amides is 1. The molecule has 0 aliphatic heterocycles. The van der Waals surface area contributed by atoms with E-state index in [0.717, 1.165) is 19.3 Å². The van der Waals surface area contributed by atoms with Crippen LogP contribution in [0.15, 0.2) is 37.1 Å². The first-order chi connectivity index (χ1) is 11.7. The Morgan fingerprint density at radius 1 is 1.46 bits per heavy atom. The number of imidazole rings is 1. The summed E-state index contributed by atoms with van der Waals surface area (Å²) in [6, 6.07) is 2.99. The maximum atomic E-state index is 12.6. The van der Waals surface area contributed by atoms with Gasteiger partial charge < -0.3 is 19.7 Å². The topological polar surface area (TPSA) is 89.3 Å². The highest BCUT2D eigenvalue weighted by Gasteiger charge is 2.34. The molecular formula is C17H22N4O3. The molecule has 0 spiro atoms.